The lowest BCUT2D eigenvalue weighted by Crippen LogP contribution is -2.10. The first kappa shape index (κ1) is 12.6. The molecule has 1 aromatic rings. The summed E-state index contributed by atoms with van der Waals surface area (Å²) >= 11 is 0. The first-order valence-corrected chi connectivity index (χ1v) is 6.02. The van der Waals surface area contributed by atoms with Crippen molar-refractivity contribution < 1.29 is 19.1 Å². The van der Waals surface area contributed by atoms with Gasteiger partial charge < -0.3 is 9.47 Å². The normalized spacial score (nSPS) is 21.2. The average molecular weight is 248 g/mol. The number of carbonyl (C=O) groups excluding carboxylic acids is 2. The summed E-state index contributed by atoms with van der Waals surface area (Å²) in [7, 11) is 1.35. The van der Waals surface area contributed by atoms with Crippen LogP contribution in [0.15, 0.2) is 24.3 Å². The molecule has 0 amide bonds. The van der Waals surface area contributed by atoms with Gasteiger partial charge in [0.05, 0.1) is 19.6 Å². The molecule has 0 spiro atoms. The summed E-state index contributed by atoms with van der Waals surface area (Å²) in [5.41, 5.74) is 0.620. The Morgan fingerprint density at radius 2 is 1.89 bits per heavy atom. The molecule has 1 aliphatic carbocycles. The molecule has 1 fully saturated rings. The Morgan fingerprint density at radius 1 is 1.22 bits per heavy atom. The van der Waals surface area contributed by atoms with Crippen LogP contribution in [-0.2, 0) is 9.53 Å². The van der Waals surface area contributed by atoms with Crippen molar-refractivity contribution in [1.29, 1.82) is 0 Å². The lowest BCUT2D eigenvalue weighted by Gasteiger charge is -2.04. The number of carbonyl (C=O) groups is 2. The van der Waals surface area contributed by atoms with Crippen LogP contribution in [-0.4, -0.2) is 25.5 Å². The number of hydrogen-bond acceptors (Lipinski definition) is 4. The Bertz CT molecular complexity index is 449. The maximum atomic E-state index is 12.1. The molecular weight excluding hydrogens is 232 g/mol. The van der Waals surface area contributed by atoms with Crippen LogP contribution in [0, 0.1) is 11.8 Å². The highest BCUT2D eigenvalue weighted by molar-refractivity contribution is 6.02. The quantitative estimate of drug-likeness (QED) is 0.591. The minimum absolute atomic E-state index is 0.00782. The Kier molecular flexibility index (Phi) is 3.65. The lowest BCUT2D eigenvalue weighted by atomic mass is 10.1. The van der Waals surface area contributed by atoms with Crippen LogP contribution in [0.3, 0.4) is 0 Å². The number of hydrogen-bond donors (Lipinski definition) is 0. The second-order valence-electron chi connectivity index (χ2n) is 4.29. The fourth-order valence-corrected chi connectivity index (χ4v) is 1.99. The molecule has 0 bridgehead atoms. The van der Waals surface area contributed by atoms with E-state index in [4.69, 9.17) is 4.74 Å². The molecule has 0 N–H and O–H groups in total. The molecule has 1 saturated carbocycles. The van der Waals surface area contributed by atoms with E-state index < -0.39 is 0 Å². The molecule has 0 saturated heterocycles. The average Bonchev–Trinajstić information content (AvgIpc) is 3.18. The highest BCUT2D eigenvalue weighted by atomic mass is 16.5. The number of Topliss-reactive ketones (excluding diaryl/α,β-unsaturated/α-hetero) is 1. The van der Waals surface area contributed by atoms with Gasteiger partial charge in [0, 0.05) is 11.5 Å². The number of esters is 1. The fraction of sp³-hybridized carbons (Fsp3) is 0.429. The summed E-state index contributed by atoms with van der Waals surface area (Å²) in [6.45, 7) is 2.50. The van der Waals surface area contributed by atoms with Crippen molar-refractivity contribution in [3.63, 3.8) is 0 Å². The van der Waals surface area contributed by atoms with E-state index in [2.05, 4.69) is 4.74 Å². The smallest absolute Gasteiger partial charge is 0.309 e. The maximum absolute atomic E-state index is 12.1. The van der Waals surface area contributed by atoms with Crippen molar-refractivity contribution in [3.05, 3.63) is 29.8 Å². The van der Waals surface area contributed by atoms with Crippen LogP contribution < -0.4 is 4.74 Å². The van der Waals surface area contributed by atoms with Crippen molar-refractivity contribution in [2.45, 2.75) is 13.3 Å². The van der Waals surface area contributed by atoms with E-state index >= 15 is 0 Å². The van der Waals surface area contributed by atoms with Crippen LogP contribution in [0.2, 0.25) is 0 Å². The van der Waals surface area contributed by atoms with Crippen LogP contribution in [0.4, 0.5) is 0 Å². The van der Waals surface area contributed by atoms with Crippen molar-refractivity contribution >= 4 is 11.8 Å². The summed E-state index contributed by atoms with van der Waals surface area (Å²) in [5.74, 6) is -0.00781. The number of ketones is 1. The molecule has 2 rings (SSSR count). The van der Waals surface area contributed by atoms with E-state index in [1.807, 2.05) is 6.92 Å². The van der Waals surface area contributed by atoms with Gasteiger partial charge in [-0.3, -0.25) is 9.59 Å². The van der Waals surface area contributed by atoms with E-state index in [0.717, 1.165) is 5.75 Å². The first-order chi connectivity index (χ1) is 8.67. The molecule has 0 aliphatic heterocycles. The third kappa shape index (κ3) is 2.53. The van der Waals surface area contributed by atoms with Gasteiger partial charge in [-0.2, -0.15) is 0 Å². The van der Waals surface area contributed by atoms with Gasteiger partial charge in [-0.25, -0.2) is 0 Å². The van der Waals surface area contributed by atoms with Crippen molar-refractivity contribution in [3.8, 4) is 5.75 Å². The van der Waals surface area contributed by atoms with Crippen molar-refractivity contribution in [1.82, 2.24) is 0 Å². The summed E-state index contributed by atoms with van der Waals surface area (Å²) in [4.78, 5) is 23.3. The van der Waals surface area contributed by atoms with Crippen LogP contribution >= 0.6 is 0 Å². The Labute approximate surface area is 106 Å². The monoisotopic (exact) mass is 248 g/mol. The Balaban J connectivity index is 2.00. The van der Waals surface area contributed by atoms with E-state index in [9.17, 15) is 9.59 Å². The van der Waals surface area contributed by atoms with Gasteiger partial charge in [0.2, 0.25) is 0 Å². The van der Waals surface area contributed by atoms with Gasteiger partial charge in [0.25, 0.3) is 0 Å². The van der Waals surface area contributed by atoms with E-state index in [-0.39, 0.29) is 23.6 Å². The molecule has 0 aromatic heterocycles. The number of ether oxygens (including phenoxy) is 2. The third-order valence-corrected chi connectivity index (χ3v) is 3.08. The number of benzene rings is 1. The summed E-state index contributed by atoms with van der Waals surface area (Å²) < 4.78 is 9.94. The molecule has 1 aliphatic rings. The van der Waals surface area contributed by atoms with Gasteiger partial charge >= 0.3 is 5.97 Å². The van der Waals surface area contributed by atoms with Crippen molar-refractivity contribution in [2.24, 2.45) is 11.8 Å². The molecule has 0 heterocycles. The zero-order valence-corrected chi connectivity index (χ0v) is 10.5. The van der Waals surface area contributed by atoms with Gasteiger partial charge in [-0.15, -0.1) is 0 Å². The largest absolute Gasteiger partial charge is 0.494 e. The molecule has 4 nitrogen and oxygen atoms in total. The first-order valence-electron chi connectivity index (χ1n) is 6.02. The maximum Gasteiger partial charge on any atom is 0.309 e. The van der Waals surface area contributed by atoms with Crippen LogP contribution in [0.5, 0.6) is 5.75 Å². The topological polar surface area (TPSA) is 52.6 Å². The van der Waals surface area contributed by atoms with Gasteiger partial charge in [0.1, 0.15) is 5.75 Å². The molecule has 0 radical (unpaired) electrons. The van der Waals surface area contributed by atoms with Crippen LogP contribution in [0.1, 0.15) is 23.7 Å². The molecule has 4 heteroatoms. The highest BCUT2D eigenvalue weighted by Gasteiger charge is 2.48. The minimum Gasteiger partial charge on any atom is -0.494 e. The number of rotatable bonds is 5. The third-order valence-electron chi connectivity index (χ3n) is 3.08. The standard InChI is InChI=1S/C14H16O4/c1-3-18-10-6-4-9(5-7-10)13(15)11-8-12(11)14(16)17-2/h4-7,11-12H,3,8H2,1-2H3. The van der Waals surface area contributed by atoms with Crippen LogP contribution in [0.25, 0.3) is 0 Å². The molecular formula is C14H16O4. The molecule has 2 atom stereocenters. The predicted octanol–water partition coefficient (Wildman–Crippen LogP) is 2.08. The summed E-state index contributed by atoms with van der Waals surface area (Å²) in [6.07, 6.45) is 0.596. The molecule has 18 heavy (non-hydrogen) atoms. The lowest BCUT2D eigenvalue weighted by molar-refractivity contribution is -0.142. The SMILES string of the molecule is CCOc1ccc(C(=O)C2CC2C(=O)OC)cc1. The minimum atomic E-state index is -0.292. The van der Waals surface area contributed by atoms with E-state index in [0.29, 0.717) is 18.6 Å². The predicted molar refractivity (Wildman–Crippen MR) is 65.6 cm³/mol. The fourth-order valence-electron chi connectivity index (χ4n) is 1.99. The molecule has 1 aromatic carbocycles. The van der Waals surface area contributed by atoms with Gasteiger partial charge in [-0.05, 0) is 37.6 Å². The van der Waals surface area contributed by atoms with E-state index in [1.165, 1.54) is 7.11 Å². The second kappa shape index (κ2) is 5.21. The summed E-state index contributed by atoms with van der Waals surface area (Å²) in [6, 6.07) is 7.01. The highest BCUT2D eigenvalue weighted by Crippen LogP contribution is 2.41. The zero-order chi connectivity index (χ0) is 13.1. The Hall–Kier alpha value is -1.84. The molecule has 2 unspecified atom stereocenters. The number of methoxy groups -OCH3 is 1. The van der Waals surface area contributed by atoms with Gasteiger partial charge in [0.15, 0.2) is 5.78 Å². The zero-order valence-electron chi connectivity index (χ0n) is 10.5. The summed E-state index contributed by atoms with van der Waals surface area (Å²) in [5, 5.41) is 0. The van der Waals surface area contributed by atoms with Gasteiger partial charge in [-0.1, -0.05) is 0 Å². The van der Waals surface area contributed by atoms with Crippen molar-refractivity contribution in [2.75, 3.05) is 13.7 Å². The Morgan fingerprint density at radius 3 is 2.44 bits per heavy atom. The molecule has 96 valence electrons. The second-order valence-corrected chi connectivity index (χ2v) is 4.29. The van der Waals surface area contributed by atoms with E-state index in [1.54, 1.807) is 24.3 Å².